The van der Waals surface area contributed by atoms with Crippen LogP contribution in [0.4, 0.5) is 0 Å². The number of amides is 2. The number of rotatable bonds is 3. The number of carbonyl (C=O) groups is 2. The molecule has 0 unspecified atom stereocenters. The number of fused-ring (bicyclic) bond motifs is 1. The Hall–Kier alpha value is -2.94. The van der Waals surface area contributed by atoms with Crippen molar-refractivity contribution < 1.29 is 19.4 Å². The van der Waals surface area contributed by atoms with Crippen LogP contribution in [-0.4, -0.2) is 81.1 Å². The van der Waals surface area contributed by atoms with Crippen LogP contribution in [-0.2, 0) is 9.53 Å². The predicted octanol–water partition coefficient (Wildman–Crippen LogP) is 1.70. The maximum absolute atomic E-state index is 12.9. The fourth-order valence-electron chi connectivity index (χ4n) is 3.93. The van der Waals surface area contributed by atoms with Gasteiger partial charge in [0.2, 0.25) is 0 Å². The van der Waals surface area contributed by atoms with Crippen LogP contribution >= 0.6 is 11.6 Å². The van der Waals surface area contributed by atoms with Gasteiger partial charge in [-0.15, -0.1) is 0 Å². The van der Waals surface area contributed by atoms with Gasteiger partial charge in [0.25, 0.3) is 11.8 Å². The van der Waals surface area contributed by atoms with E-state index in [2.05, 4.69) is 4.98 Å². The van der Waals surface area contributed by atoms with Gasteiger partial charge < -0.3 is 19.6 Å². The van der Waals surface area contributed by atoms with Gasteiger partial charge in [0.05, 0.1) is 13.2 Å². The number of aliphatic hydroxyl groups is 1. The standard InChI is InChI=1S/C22H21ClN4O4/c23-19-18(24-17-3-1-2-8-27(17)19)15-4-6-16(7-5-15)20(28)25-9-11-26(12-10-25)21(29)22(30)13-31-14-22/h1-8,30H,9-14H2. The van der Waals surface area contributed by atoms with E-state index in [0.717, 1.165) is 11.2 Å². The van der Waals surface area contributed by atoms with Crippen LogP contribution in [0.3, 0.4) is 0 Å². The van der Waals surface area contributed by atoms with Crippen molar-refractivity contribution >= 4 is 29.1 Å². The number of hydrogen-bond acceptors (Lipinski definition) is 5. The first-order chi connectivity index (χ1) is 15.0. The largest absolute Gasteiger partial charge is 0.376 e. The lowest BCUT2D eigenvalue weighted by molar-refractivity contribution is -0.201. The molecular weight excluding hydrogens is 420 g/mol. The van der Waals surface area contributed by atoms with Gasteiger partial charge in [-0.25, -0.2) is 4.98 Å². The van der Waals surface area contributed by atoms with Gasteiger partial charge in [-0.05, 0) is 24.3 Å². The number of carbonyl (C=O) groups excluding carboxylic acids is 2. The average molecular weight is 441 g/mol. The Morgan fingerprint density at radius 2 is 1.68 bits per heavy atom. The average Bonchev–Trinajstić information content (AvgIpc) is 3.13. The quantitative estimate of drug-likeness (QED) is 0.669. The SMILES string of the molecule is O=C(c1ccc(-c2nc3ccccn3c2Cl)cc1)N1CCN(C(=O)C2(O)COC2)CC1. The number of hydrogen-bond donors (Lipinski definition) is 1. The van der Waals surface area contributed by atoms with E-state index in [1.54, 1.807) is 21.9 Å². The Kier molecular flexibility index (Phi) is 4.92. The molecule has 160 valence electrons. The molecule has 8 nitrogen and oxygen atoms in total. The van der Waals surface area contributed by atoms with Gasteiger partial charge in [-0.3, -0.25) is 14.0 Å². The molecule has 2 saturated heterocycles. The number of ether oxygens (including phenoxy) is 1. The highest BCUT2D eigenvalue weighted by Crippen LogP contribution is 2.29. The third-order valence-corrected chi connectivity index (χ3v) is 6.17. The van der Waals surface area contributed by atoms with E-state index in [-0.39, 0.29) is 25.0 Å². The zero-order valence-electron chi connectivity index (χ0n) is 16.7. The Balaban J connectivity index is 1.26. The van der Waals surface area contributed by atoms with Crippen molar-refractivity contribution in [2.75, 3.05) is 39.4 Å². The molecule has 0 saturated carbocycles. The number of piperazine rings is 1. The normalized spacial score (nSPS) is 18.1. The molecule has 0 bridgehead atoms. The molecule has 9 heteroatoms. The Labute approximate surface area is 183 Å². The van der Waals surface area contributed by atoms with E-state index in [1.165, 1.54) is 0 Å². The summed E-state index contributed by atoms with van der Waals surface area (Å²) in [6.45, 7) is 1.69. The fourth-order valence-corrected chi connectivity index (χ4v) is 4.22. The molecule has 0 spiro atoms. The highest BCUT2D eigenvalue weighted by molar-refractivity contribution is 6.32. The molecule has 31 heavy (non-hydrogen) atoms. The topological polar surface area (TPSA) is 87.4 Å². The van der Waals surface area contributed by atoms with Crippen LogP contribution in [0.5, 0.6) is 0 Å². The van der Waals surface area contributed by atoms with E-state index in [9.17, 15) is 14.7 Å². The van der Waals surface area contributed by atoms with Crippen molar-refractivity contribution in [3.05, 3.63) is 59.4 Å². The van der Waals surface area contributed by atoms with Crippen molar-refractivity contribution in [2.24, 2.45) is 0 Å². The first-order valence-corrected chi connectivity index (χ1v) is 10.5. The maximum atomic E-state index is 12.9. The minimum atomic E-state index is -1.40. The highest BCUT2D eigenvalue weighted by Gasteiger charge is 2.46. The van der Waals surface area contributed by atoms with Crippen LogP contribution < -0.4 is 0 Å². The van der Waals surface area contributed by atoms with E-state index >= 15 is 0 Å². The second kappa shape index (κ2) is 7.64. The maximum Gasteiger partial charge on any atom is 0.259 e. The molecule has 2 fully saturated rings. The molecule has 4 heterocycles. The fraction of sp³-hybridized carbons (Fsp3) is 0.318. The van der Waals surface area contributed by atoms with Gasteiger partial charge in [0.1, 0.15) is 16.5 Å². The van der Waals surface area contributed by atoms with Gasteiger partial charge in [-0.1, -0.05) is 29.8 Å². The molecule has 2 amide bonds. The molecule has 2 aliphatic rings. The van der Waals surface area contributed by atoms with Gasteiger partial charge >= 0.3 is 0 Å². The number of aromatic nitrogens is 2. The lowest BCUT2D eigenvalue weighted by atomic mass is 10.00. The van der Waals surface area contributed by atoms with Crippen molar-refractivity contribution in [3.63, 3.8) is 0 Å². The van der Waals surface area contributed by atoms with Crippen molar-refractivity contribution in [3.8, 4) is 11.3 Å². The first kappa shape index (κ1) is 20.0. The predicted molar refractivity (Wildman–Crippen MR) is 114 cm³/mol. The lowest BCUT2D eigenvalue weighted by Crippen LogP contribution is -2.64. The highest BCUT2D eigenvalue weighted by atomic mass is 35.5. The molecule has 1 aromatic carbocycles. The summed E-state index contributed by atoms with van der Waals surface area (Å²) in [5.41, 5.74) is 1.41. The summed E-state index contributed by atoms with van der Waals surface area (Å²) in [7, 11) is 0. The second-order valence-electron chi connectivity index (χ2n) is 7.87. The molecule has 0 atom stereocenters. The summed E-state index contributed by atoms with van der Waals surface area (Å²) in [4.78, 5) is 33.2. The number of pyridine rings is 1. The van der Waals surface area contributed by atoms with Gasteiger partial charge in [0.15, 0.2) is 5.60 Å². The molecule has 0 radical (unpaired) electrons. The molecule has 0 aliphatic carbocycles. The number of halogens is 1. The number of benzene rings is 1. The number of nitrogens with zero attached hydrogens (tertiary/aromatic N) is 4. The molecule has 1 N–H and O–H groups in total. The van der Waals surface area contributed by atoms with Crippen LogP contribution in [0.1, 0.15) is 10.4 Å². The zero-order chi connectivity index (χ0) is 21.6. The minimum absolute atomic E-state index is 0.0354. The summed E-state index contributed by atoms with van der Waals surface area (Å²) in [6, 6.07) is 12.9. The Morgan fingerprint density at radius 3 is 2.29 bits per heavy atom. The summed E-state index contributed by atoms with van der Waals surface area (Å²) in [6.07, 6.45) is 1.85. The van der Waals surface area contributed by atoms with Crippen LogP contribution in [0.25, 0.3) is 16.9 Å². The minimum Gasteiger partial charge on any atom is -0.376 e. The Morgan fingerprint density at radius 1 is 1.00 bits per heavy atom. The van der Waals surface area contributed by atoms with E-state index < -0.39 is 5.60 Å². The van der Waals surface area contributed by atoms with Gasteiger partial charge in [0, 0.05) is 43.5 Å². The van der Waals surface area contributed by atoms with E-state index in [4.69, 9.17) is 16.3 Å². The molecular formula is C22H21ClN4O4. The van der Waals surface area contributed by atoms with Crippen molar-refractivity contribution in [2.45, 2.75) is 5.60 Å². The van der Waals surface area contributed by atoms with Crippen LogP contribution in [0.15, 0.2) is 48.7 Å². The van der Waals surface area contributed by atoms with Crippen LogP contribution in [0, 0.1) is 0 Å². The number of imidazole rings is 1. The lowest BCUT2D eigenvalue weighted by Gasteiger charge is -2.42. The van der Waals surface area contributed by atoms with Crippen molar-refractivity contribution in [1.82, 2.24) is 19.2 Å². The monoisotopic (exact) mass is 440 g/mol. The first-order valence-electron chi connectivity index (χ1n) is 10.1. The molecule has 3 aromatic rings. The van der Waals surface area contributed by atoms with E-state index in [0.29, 0.717) is 42.6 Å². The Bertz CT molecular complexity index is 1150. The van der Waals surface area contributed by atoms with Gasteiger partial charge in [-0.2, -0.15) is 0 Å². The third-order valence-electron chi connectivity index (χ3n) is 5.81. The summed E-state index contributed by atoms with van der Waals surface area (Å²) in [5.74, 6) is -0.412. The van der Waals surface area contributed by atoms with Crippen molar-refractivity contribution in [1.29, 1.82) is 0 Å². The molecule has 2 aliphatic heterocycles. The zero-order valence-corrected chi connectivity index (χ0v) is 17.5. The van der Waals surface area contributed by atoms with Crippen LogP contribution in [0.2, 0.25) is 5.15 Å². The smallest absolute Gasteiger partial charge is 0.259 e. The second-order valence-corrected chi connectivity index (χ2v) is 8.22. The summed E-state index contributed by atoms with van der Waals surface area (Å²) in [5, 5.41) is 10.7. The molecule has 5 rings (SSSR count). The summed E-state index contributed by atoms with van der Waals surface area (Å²) < 4.78 is 6.77. The molecule has 2 aromatic heterocycles. The summed E-state index contributed by atoms with van der Waals surface area (Å²) >= 11 is 6.47. The third kappa shape index (κ3) is 3.46. The van der Waals surface area contributed by atoms with E-state index in [1.807, 2.05) is 40.9 Å².